The van der Waals surface area contributed by atoms with E-state index in [2.05, 4.69) is 22.4 Å². The molecule has 21 heavy (non-hydrogen) atoms. The second-order valence-electron chi connectivity index (χ2n) is 4.67. The van der Waals surface area contributed by atoms with E-state index in [9.17, 15) is 0 Å². The van der Waals surface area contributed by atoms with E-state index in [0.717, 1.165) is 28.2 Å². The zero-order valence-electron chi connectivity index (χ0n) is 11.5. The third-order valence-corrected chi connectivity index (χ3v) is 3.16. The monoisotopic (exact) mass is 273 g/mol. The first-order valence-electron chi connectivity index (χ1n) is 6.75. The van der Waals surface area contributed by atoms with Crippen molar-refractivity contribution in [2.24, 2.45) is 10.2 Å². The molecule has 0 unspecified atom stereocenters. The van der Waals surface area contributed by atoms with Crippen molar-refractivity contribution in [1.82, 2.24) is 0 Å². The summed E-state index contributed by atoms with van der Waals surface area (Å²) in [4.78, 5) is 0. The van der Waals surface area contributed by atoms with Crippen LogP contribution in [0.2, 0.25) is 0 Å². The van der Waals surface area contributed by atoms with E-state index in [4.69, 9.17) is 5.73 Å². The van der Waals surface area contributed by atoms with Crippen LogP contribution >= 0.6 is 0 Å². The van der Waals surface area contributed by atoms with Crippen LogP contribution in [0.3, 0.4) is 0 Å². The molecule has 3 aromatic rings. The first kappa shape index (κ1) is 13.1. The Balaban J connectivity index is 1.94. The Morgan fingerprint density at radius 1 is 0.619 bits per heavy atom. The topological polar surface area (TPSA) is 50.7 Å². The highest BCUT2D eigenvalue weighted by Crippen LogP contribution is 2.31. The summed E-state index contributed by atoms with van der Waals surface area (Å²) in [7, 11) is 0. The number of benzene rings is 3. The van der Waals surface area contributed by atoms with Gasteiger partial charge in [0.25, 0.3) is 0 Å². The number of rotatable bonds is 3. The van der Waals surface area contributed by atoms with Crippen LogP contribution in [0.15, 0.2) is 89.1 Å². The summed E-state index contributed by atoms with van der Waals surface area (Å²) in [6.07, 6.45) is 0. The van der Waals surface area contributed by atoms with E-state index in [1.54, 1.807) is 0 Å². The van der Waals surface area contributed by atoms with Crippen molar-refractivity contribution in [3.8, 4) is 11.1 Å². The van der Waals surface area contributed by atoms with Gasteiger partial charge in [-0.3, -0.25) is 0 Å². The molecule has 0 aliphatic rings. The molecule has 0 atom stereocenters. The Bertz CT molecular complexity index is 747. The number of anilines is 1. The molecule has 0 fully saturated rings. The molecule has 2 N–H and O–H groups in total. The lowest BCUT2D eigenvalue weighted by molar-refractivity contribution is 1.23. The van der Waals surface area contributed by atoms with Gasteiger partial charge in [0.1, 0.15) is 0 Å². The zero-order valence-corrected chi connectivity index (χ0v) is 11.5. The number of azo groups is 1. The SMILES string of the molecule is Nc1ccc(N=Nc2ccccc2-c2ccccc2)cc1. The van der Waals surface area contributed by atoms with Crippen molar-refractivity contribution in [3.63, 3.8) is 0 Å². The predicted molar refractivity (Wildman–Crippen MR) is 86.9 cm³/mol. The number of nitrogens with two attached hydrogens (primary N) is 1. The fourth-order valence-electron chi connectivity index (χ4n) is 2.08. The van der Waals surface area contributed by atoms with Crippen molar-refractivity contribution in [3.05, 3.63) is 78.9 Å². The van der Waals surface area contributed by atoms with Crippen LogP contribution in [-0.2, 0) is 0 Å². The standard InChI is InChI=1S/C18H15N3/c19-15-10-12-16(13-11-15)20-21-18-9-5-4-8-17(18)14-6-2-1-3-7-14/h1-13H,19H2. The lowest BCUT2D eigenvalue weighted by atomic mass is 10.0. The molecular weight excluding hydrogens is 258 g/mol. The van der Waals surface area contributed by atoms with Gasteiger partial charge in [-0.2, -0.15) is 5.11 Å². The van der Waals surface area contributed by atoms with Crippen LogP contribution in [0.1, 0.15) is 0 Å². The molecule has 0 saturated heterocycles. The molecule has 0 amide bonds. The summed E-state index contributed by atoms with van der Waals surface area (Å²) >= 11 is 0. The van der Waals surface area contributed by atoms with Crippen LogP contribution < -0.4 is 5.73 Å². The summed E-state index contributed by atoms with van der Waals surface area (Å²) < 4.78 is 0. The number of nitrogens with zero attached hydrogens (tertiary/aromatic N) is 2. The number of hydrogen-bond donors (Lipinski definition) is 1. The molecule has 0 bridgehead atoms. The first-order chi connectivity index (χ1) is 10.3. The molecular formula is C18H15N3. The van der Waals surface area contributed by atoms with Gasteiger partial charge in [0.15, 0.2) is 0 Å². The molecule has 0 aliphatic heterocycles. The van der Waals surface area contributed by atoms with Gasteiger partial charge in [-0.15, -0.1) is 5.11 Å². The molecule has 0 radical (unpaired) electrons. The Hall–Kier alpha value is -2.94. The van der Waals surface area contributed by atoms with E-state index >= 15 is 0 Å². The van der Waals surface area contributed by atoms with Crippen LogP contribution in [0.25, 0.3) is 11.1 Å². The minimum absolute atomic E-state index is 0.721. The van der Waals surface area contributed by atoms with Gasteiger partial charge in [-0.1, -0.05) is 48.5 Å². The van der Waals surface area contributed by atoms with Crippen molar-refractivity contribution in [2.75, 3.05) is 5.73 Å². The Morgan fingerprint density at radius 2 is 1.29 bits per heavy atom. The van der Waals surface area contributed by atoms with Gasteiger partial charge in [0.2, 0.25) is 0 Å². The quantitative estimate of drug-likeness (QED) is 0.507. The molecule has 0 aromatic heterocycles. The van der Waals surface area contributed by atoms with Gasteiger partial charge in [-0.05, 0) is 35.9 Å². The molecule has 102 valence electrons. The van der Waals surface area contributed by atoms with E-state index in [0.29, 0.717) is 0 Å². The van der Waals surface area contributed by atoms with Crippen LogP contribution in [-0.4, -0.2) is 0 Å². The van der Waals surface area contributed by atoms with Gasteiger partial charge >= 0.3 is 0 Å². The maximum Gasteiger partial charge on any atom is 0.0935 e. The van der Waals surface area contributed by atoms with Gasteiger partial charge < -0.3 is 5.73 Å². The van der Waals surface area contributed by atoms with E-state index in [1.807, 2.05) is 66.7 Å². The average Bonchev–Trinajstić information content (AvgIpc) is 2.55. The highest BCUT2D eigenvalue weighted by molar-refractivity contribution is 5.75. The van der Waals surface area contributed by atoms with Crippen molar-refractivity contribution in [2.45, 2.75) is 0 Å². The summed E-state index contributed by atoms with van der Waals surface area (Å²) in [5, 5.41) is 8.64. The maximum atomic E-state index is 5.66. The third kappa shape index (κ3) is 3.15. The molecule has 3 aromatic carbocycles. The smallest absolute Gasteiger partial charge is 0.0935 e. The largest absolute Gasteiger partial charge is 0.399 e. The van der Waals surface area contributed by atoms with Crippen molar-refractivity contribution >= 4 is 17.1 Å². The summed E-state index contributed by atoms with van der Waals surface area (Å²) in [6.45, 7) is 0. The van der Waals surface area contributed by atoms with Crippen LogP contribution in [0, 0.1) is 0 Å². The molecule has 3 heteroatoms. The van der Waals surface area contributed by atoms with E-state index in [1.165, 1.54) is 0 Å². The Kier molecular flexibility index (Phi) is 3.74. The summed E-state index contributed by atoms with van der Waals surface area (Å²) in [5.41, 5.74) is 10.2. The van der Waals surface area contributed by atoms with Crippen LogP contribution in [0.5, 0.6) is 0 Å². The molecule has 0 aliphatic carbocycles. The van der Waals surface area contributed by atoms with Crippen molar-refractivity contribution in [1.29, 1.82) is 0 Å². The number of hydrogen-bond acceptors (Lipinski definition) is 3. The molecule has 0 heterocycles. The fourth-order valence-corrected chi connectivity index (χ4v) is 2.08. The maximum absolute atomic E-state index is 5.66. The molecule has 0 spiro atoms. The molecule has 3 rings (SSSR count). The Labute approximate surface area is 123 Å². The van der Waals surface area contributed by atoms with Gasteiger partial charge in [0.05, 0.1) is 11.4 Å². The van der Waals surface area contributed by atoms with Crippen LogP contribution in [0.4, 0.5) is 17.1 Å². The minimum atomic E-state index is 0.721. The average molecular weight is 273 g/mol. The van der Waals surface area contributed by atoms with E-state index in [-0.39, 0.29) is 0 Å². The van der Waals surface area contributed by atoms with Gasteiger partial charge in [0, 0.05) is 11.3 Å². The predicted octanol–water partition coefficient (Wildman–Crippen LogP) is 5.35. The normalized spacial score (nSPS) is 10.9. The second kappa shape index (κ2) is 6.01. The first-order valence-corrected chi connectivity index (χ1v) is 6.75. The summed E-state index contributed by atoms with van der Waals surface area (Å²) in [6, 6.07) is 25.5. The van der Waals surface area contributed by atoms with Gasteiger partial charge in [-0.25, -0.2) is 0 Å². The minimum Gasteiger partial charge on any atom is -0.399 e. The lowest BCUT2D eigenvalue weighted by Gasteiger charge is -2.04. The second-order valence-corrected chi connectivity index (χ2v) is 4.67. The van der Waals surface area contributed by atoms with E-state index < -0.39 is 0 Å². The fraction of sp³-hybridized carbons (Fsp3) is 0. The van der Waals surface area contributed by atoms with Crippen molar-refractivity contribution < 1.29 is 0 Å². The lowest BCUT2D eigenvalue weighted by Crippen LogP contribution is -1.80. The highest BCUT2D eigenvalue weighted by Gasteiger charge is 2.02. The number of nitrogen functional groups attached to an aromatic ring is 1. The zero-order chi connectivity index (χ0) is 14.5. The molecule has 0 saturated carbocycles. The summed E-state index contributed by atoms with van der Waals surface area (Å²) in [5.74, 6) is 0. The highest BCUT2D eigenvalue weighted by atomic mass is 15.1. The third-order valence-electron chi connectivity index (χ3n) is 3.16. The molecule has 3 nitrogen and oxygen atoms in total. The Morgan fingerprint density at radius 3 is 2.05 bits per heavy atom.